The fourth-order valence-corrected chi connectivity index (χ4v) is 0. The summed E-state index contributed by atoms with van der Waals surface area (Å²) in [5.41, 5.74) is 0. The van der Waals surface area contributed by atoms with Crippen LogP contribution in [0.1, 0.15) is 0 Å². The van der Waals surface area contributed by atoms with Crippen LogP contribution in [0.25, 0.3) is 0 Å². The molecule has 0 N–H and O–H groups in total. The van der Waals surface area contributed by atoms with Gasteiger partial charge in [0.2, 0.25) is 0 Å². The summed E-state index contributed by atoms with van der Waals surface area (Å²) in [4.78, 5) is 9.03. The number of hydrogen-bond donors (Lipinski definition) is 0. The number of carbonyl (C=O) groups is 1. The summed E-state index contributed by atoms with van der Waals surface area (Å²) in [5, 5.41) is 9.03. The van der Waals surface area contributed by atoms with Crippen molar-refractivity contribution in [2.75, 3.05) is 7.11 Å². The zero-order valence-corrected chi connectivity index (χ0v) is 6.85. The molecule has 0 bridgehead atoms. The van der Waals surface area contributed by atoms with Crippen LogP contribution in [0.4, 0.5) is 4.79 Å². The summed E-state index contributed by atoms with van der Waals surface area (Å²) >= 11 is 0. The second-order valence-electron chi connectivity index (χ2n) is 0.454. The molecule has 0 radical (unpaired) electrons. The minimum absolute atomic E-state index is 0. The summed E-state index contributed by atoms with van der Waals surface area (Å²) in [6, 6.07) is 0. The number of rotatable bonds is 0. The van der Waals surface area contributed by atoms with Crippen LogP contribution in [0.3, 0.4) is 0 Å². The molecule has 0 aromatic rings. The standard InChI is InChI=1S/C2H4O3.K/c1-5-2(3)4;/h1H3,(H,3,4);/q;+1/p-1. The van der Waals surface area contributed by atoms with E-state index in [1.807, 2.05) is 0 Å². The van der Waals surface area contributed by atoms with Crippen molar-refractivity contribution in [2.24, 2.45) is 0 Å². The molecule has 0 fully saturated rings. The Morgan fingerprint density at radius 3 is 2.00 bits per heavy atom. The molecule has 0 amide bonds. The Morgan fingerprint density at radius 1 is 1.83 bits per heavy atom. The molecule has 0 aliphatic carbocycles. The van der Waals surface area contributed by atoms with E-state index in [-0.39, 0.29) is 51.4 Å². The van der Waals surface area contributed by atoms with Gasteiger partial charge in [0.1, 0.15) is 0 Å². The summed E-state index contributed by atoms with van der Waals surface area (Å²) in [7, 11) is 1.04. The fourth-order valence-electron chi connectivity index (χ4n) is 0. The fraction of sp³-hybridized carbons (Fsp3) is 0.500. The van der Waals surface area contributed by atoms with E-state index in [4.69, 9.17) is 9.90 Å². The molecule has 0 aromatic heterocycles. The van der Waals surface area contributed by atoms with Gasteiger partial charge in [-0.3, -0.25) is 0 Å². The topological polar surface area (TPSA) is 49.4 Å². The molecule has 6 heavy (non-hydrogen) atoms. The number of methoxy groups -OCH3 is 1. The van der Waals surface area contributed by atoms with Gasteiger partial charge in [-0.05, 0) is 0 Å². The zero-order valence-electron chi connectivity index (χ0n) is 3.72. The number of ether oxygens (including phenoxy) is 1. The van der Waals surface area contributed by atoms with E-state index in [9.17, 15) is 0 Å². The van der Waals surface area contributed by atoms with Crippen molar-refractivity contribution >= 4 is 6.16 Å². The third kappa shape index (κ3) is 8.86. The molecule has 0 aliphatic heterocycles. The predicted octanol–water partition coefficient (Wildman–Crippen LogP) is -4.02. The van der Waals surface area contributed by atoms with Crippen LogP contribution in [0.15, 0.2) is 0 Å². The minimum Gasteiger partial charge on any atom is -0.553 e. The molecular weight excluding hydrogens is 111 g/mol. The SMILES string of the molecule is COC(=O)[O-].[K+]. The van der Waals surface area contributed by atoms with Gasteiger partial charge in [0.25, 0.3) is 6.16 Å². The molecule has 3 nitrogen and oxygen atoms in total. The van der Waals surface area contributed by atoms with Crippen LogP contribution < -0.4 is 56.5 Å². The Labute approximate surface area is 78.1 Å². The van der Waals surface area contributed by atoms with E-state index in [0.717, 1.165) is 7.11 Å². The minimum atomic E-state index is -1.50. The first-order chi connectivity index (χ1) is 2.27. The van der Waals surface area contributed by atoms with Gasteiger partial charge in [-0.15, -0.1) is 0 Å². The molecule has 0 saturated heterocycles. The van der Waals surface area contributed by atoms with E-state index in [1.165, 1.54) is 0 Å². The first kappa shape index (κ1) is 10.0. The van der Waals surface area contributed by atoms with E-state index in [1.54, 1.807) is 0 Å². The van der Waals surface area contributed by atoms with Gasteiger partial charge in [-0.2, -0.15) is 0 Å². The largest absolute Gasteiger partial charge is 1.00 e. The Kier molecular flexibility index (Phi) is 9.85. The molecule has 0 rings (SSSR count). The summed E-state index contributed by atoms with van der Waals surface area (Å²) in [6.07, 6.45) is -1.50. The van der Waals surface area contributed by atoms with Crippen molar-refractivity contribution in [1.29, 1.82) is 0 Å². The average molecular weight is 114 g/mol. The van der Waals surface area contributed by atoms with Crippen LogP contribution in [-0.2, 0) is 4.74 Å². The van der Waals surface area contributed by atoms with Crippen LogP contribution in [0.5, 0.6) is 0 Å². The molecule has 0 atom stereocenters. The third-order valence-corrected chi connectivity index (χ3v) is 0.167. The quantitative estimate of drug-likeness (QED) is 0.238. The van der Waals surface area contributed by atoms with Crippen LogP contribution in [0.2, 0.25) is 0 Å². The first-order valence-corrected chi connectivity index (χ1v) is 1.02. The predicted molar refractivity (Wildman–Crippen MR) is 12.4 cm³/mol. The normalized spacial score (nSPS) is 5.50. The van der Waals surface area contributed by atoms with Gasteiger partial charge in [-0.25, -0.2) is 0 Å². The molecule has 4 heteroatoms. The van der Waals surface area contributed by atoms with Crippen LogP contribution in [0, 0.1) is 0 Å². The second kappa shape index (κ2) is 5.91. The number of hydrogen-bond acceptors (Lipinski definition) is 3. The van der Waals surface area contributed by atoms with Gasteiger partial charge in [0.05, 0.1) is 0 Å². The molecule has 30 valence electrons. The van der Waals surface area contributed by atoms with Crippen LogP contribution >= 0.6 is 0 Å². The monoisotopic (exact) mass is 114 g/mol. The van der Waals surface area contributed by atoms with E-state index in [2.05, 4.69) is 4.74 Å². The van der Waals surface area contributed by atoms with Gasteiger partial charge in [0.15, 0.2) is 0 Å². The molecular formula is C2H3KO3. The maximum Gasteiger partial charge on any atom is 1.00 e. The molecule has 0 heterocycles. The van der Waals surface area contributed by atoms with Gasteiger partial charge in [-0.1, -0.05) is 0 Å². The van der Waals surface area contributed by atoms with Gasteiger partial charge >= 0.3 is 51.4 Å². The summed E-state index contributed by atoms with van der Waals surface area (Å²) < 4.78 is 3.56. The molecule has 0 aliphatic rings. The van der Waals surface area contributed by atoms with Gasteiger partial charge < -0.3 is 14.6 Å². The second-order valence-corrected chi connectivity index (χ2v) is 0.454. The maximum absolute atomic E-state index is 9.03. The summed E-state index contributed by atoms with van der Waals surface area (Å²) in [6.45, 7) is 0. The Morgan fingerprint density at radius 2 is 2.00 bits per heavy atom. The van der Waals surface area contributed by atoms with Crippen molar-refractivity contribution in [2.45, 2.75) is 0 Å². The van der Waals surface area contributed by atoms with Crippen molar-refractivity contribution < 1.29 is 66.0 Å². The van der Waals surface area contributed by atoms with E-state index >= 15 is 0 Å². The van der Waals surface area contributed by atoms with E-state index in [0.29, 0.717) is 0 Å². The summed E-state index contributed by atoms with van der Waals surface area (Å²) in [5.74, 6) is 0. The third-order valence-electron chi connectivity index (χ3n) is 0.167. The molecule has 0 unspecified atom stereocenters. The van der Waals surface area contributed by atoms with E-state index < -0.39 is 6.16 Å². The maximum atomic E-state index is 9.03. The molecule has 0 spiro atoms. The van der Waals surface area contributed by atoms with Crippen molar-refractivity contribution in [3.05, 3.63) is 0 Å². The van der Waals surface area contributed by atoms with Crippen LogP contribution in [-0.4, -0.2) is 13.3 Å². The Hall–Kier alpha value is 0.906. The average Bonchev–Trinajstić information content (AvgIpc) is 1.38. The van der Waals surface area contributed by atoms with Crippen molar-refractivity contribution in [3.8, 4) is 0 Å². The van der Waals surface area contributed by atoms with Gasteiger partial charge in [0, 0.05) is 7.11 Å². The number of carbonyl (C=O) groups excluding carboxylic acids is 1. The Balaban J connectivity index is 0. The number of carboxylic acid groups (broad SMARTS) is 1. The van der Waals surface area contributed by atoms with Crippen molar-refractivity contribution in [1.82, 2.24) is 0 Å². The molecule has 0 aromatic carbocycles. The smallest absolute Gasteiger partial charge is 0.553 e. The molecule has 0 saturated carbocycles. The Bertz CT molecular complexity index is 44.1. The zero-order chi connectivity index (χ0) is 4.28. The van der Waals surface area contributed by atoms with Crippen molar-refractivity contribution in [3.63, 3.8) is 0 Å². The first-order valence-electron chi connectivity index (χ1n) is 1.02.